The molecule has 2 rings (SSSR count). The van der Waals surface area contributed by atoms with Crippen LogP contribution in [0.2, 0.25) is 0 Å². The summed E-state index contributed by atoms with van der Waals surface area (Å²) in [5.74, 6) is -1.45. The fourth-order valence-electron chi connectivity index (χ4n) is 2.74. The second-order valence-corrected chi connectivity index (χ2v) is 5.75. The van der Waals surface area contributed by atoms with Crippen LogP contribution in [0.4, 0.5) is 14.5 Å². The summed E-state index contributed by atoms with van der Waals surface area (Å²) < 4.78 is 33.9. The Morgan fingerprint density at radius 1 is 1.41 bits per heavy atom. The maximum Gasteiger partial charge on any atom is 0.387 e. The zero-order valence-corrected chi connectivity index (χ0v) is 14.6. The van der Waals surface area contributed by atoms with Crippen molar-refractivity contribution in [3.8, 4) is 11.5 Å². The second kappa shape index (κ2) is 9.10. The quantitative estimate of drug-likeness (QED) is 0.394. The summed E-state index contributed by atoms with van der Waals surface area (Å²) in [7, 11) is 1.16. The zero-order valence-electron chi connectivity index (χ0n) is 14.6. The van der Waals surface area contributed by atoms with Crippen molar-refractivity contribution in [3.05, 3.63) is 27.8 Å². The lowest BCUT2D eigenvalue weighted by molar-refractivity contribution is -0.385. The minimum absolute atomic E-state index is 0.0660. The maximum absolute atomic E-state index is 12.4. The van der Waals surface area contributed by atoms with Gasteiger partial charge < -0.3 is 19.7 Å². The SMILES string of the molecule is COc1cc(C(=O)NCCCN2CCCC2=O)c([N+](=O)[O-])cc1OC(F)F. The molecule has 11 heteroatoms. The van der Waals surface area contributed by atoms with Gasteiger partial charge in [0.1, 0.15) is 5.56 Å². The van der Waals surface area contributed by atoms with E-state index in [2.05, 4.69) is 10.1 Å². The first-order valence-corrected chi connectivity index (χ1v) is 8.20. The lowest BCUT2D eigenvalue weighted by Crippen LogP contribution is -2.31. The van der Waals surface area contributed by atoms with Gasteiger partial charge in [0.25, 0.3) is 11.6 Å². The number of carbonyl (C=O) groups excluding carboxylic acids is 2. The number of nitro groups is 1. The van der Waals surface area contributed by atoms with Gasteiger partial charge in [-0.15, -0.1) is 0 Å². The van der Waals surface area contributed by atoms with Gasteiger partial charge in [-0.2, -0.15) is 8.78 Å². The minimum atomic E-state index is -3.20. The smallest absolute Gasteiger partial charge is 0.387 e. The standard InChI is InChI=1S/C16H19F2N3O6/c1-26-12-8-10(11(21(24)25)9-13(12)27-16(17)18)15(23)19-5-3-7-20-6-2-4-14(20)22/h8-9,16H,2-7H2,1H3,(H,19,23). The summed E-state index contributed by atoms with van der Waals surface area (Å²) >= 11 is 0. The Kier molecular flexibility index (Phi) is 6.85. The lowest BCUT2D eigenvalue weighted by Gasteiger charge is -2.15. The topological polar surface area (TPSA) is 111 Å². The summed E-state index contributed by atoms with van der Waals surface area (Å²) in [5, 5.41) is 13.7. The van der Waals surface area contributed by atoms with E-state index in [1.165, 1.54) is 0 Å². The van der Waals surface area contributed by atoms with Crippen molar-refractivity contribution in [1.29, 1.82) is 0 Å². The third kappa shape index (κ3) is 5.25. The molecule has 27 heavy (non-hydrogen) atoms. The first-order chi connectivity index (χ1) is 12.8. The fraction of sp³-hybridized carbons (Fsp3) is 0.500. The van der Waals surface area contributed by atoms with E-state index in [0.29, 0.717) is 25.9 Å². The molecule has 1 saturated heterocycles. The summed E-state index contributed by atoms with van der Waals surface area (Å²) in [6.45, 7) is -1.85. The highest BCUT2D eigenvalue weighted by Crippen LogP contribution is 2.35. The highest BCUT2D eigenvalue weighted by atomic mass is 19.3. The molecule has 1 heterocycles. The number of hydrogen-bond donors (Lipinski definition) is 1. The van der Waals surface area contributed by atoms with E-state index in [1.54, 1.807) is 4.90 Å². The third-order valence-corrected chi connectivity index (χ3v) is 4.00. The number of ether oxygens (including phenoxy) is 2. The van der Waals surface area contributed by atoms with E-state index in [9.17, 15) is 28.5 Å². The zero-order chi connectivity index (χ0) is 20.0. The van der Waals surface area contributed by atoms with E-state index >= 15 is 0 Å². The Morgan fingerprint density at radius 2 is 2.15 bits per heavy atom. The van der Waals surface area contributed by atoms with Crippen LogP contribution in [0.5, 0.6) is 11.5 Å². The van der Waals surface area contributed by atoms with Crippen LogP contribution in [0.15, 0.2) is 12.1 Å². The summed E-state index contributed by atoms with van der Waals surface area (Å²) in [5.41, 5.74) is -1.02. The Labute approximate surface area is 153 Å². The average molecular weight is 387 g/mol. The van der Waals surface area contributed by atoms with E-state index in [4.69, 9.17) is 4.74 Å². The van der Waals surface area contributed by atoms with Gasteiger partial charge in [0.2, 0.25) is 5.91 Å². The van der Waals surface area contributed by atoms with Crippen LogP contribution in [0, 0.1) is 10.1 Å². The summed E-state index contributed by atoms with van der Waals surface area (Å²) in [6, 6.07) is 1.71. The van der Waals surface area contributed by atoms with Crippen molar-refractivity contribution in [2.45, 2.75) is 25.9 Å². The van der Waals surface area contributed by atoms with Gasteiger partial charge in [-0.05, 0) is 12.8 Å². The monoisotopic (exact) mass is 387 g/mol. The van der Waals surface area contributed by atoms with Crippen molar-refractivity contribution < 1.29 is 32.8 Å². The molecule has 0 aromatic heterocycles. The molecule has 1 N–H and O–H groups in total. The number of alkyl halides is 2. The van der Waals surface area contributed by atoms with Crippen molar-refractivity contribution in [2.75, 3.05) is 26.7 Å². The van der Waals surface area contributed by atoms with Gasteiger partial charge in [-0.3, -0.25) is 19.7 Å². The van der Waals surface area contributed by atoms with Crippen LogP contribution in [-0.2, 0) is 4.79 Å². The molecule has 0 unspecified atom stereocenters. The number of likely N-dealkylation sites (tertiary alicyclic amines) is 1. The van der Waals surface area contributed by atoms with Gasteiger partial charge >= 0.3 is 6.61 Å². The number of nitro benzene ring substituents is 1. The van der Waals surface area contributed by atoms with Gasteiger partial charge in [0.15, 0.2) is 11.5 Å². The number of rotatable bonds is 9. The lowest BCUT2D eigenvalue weighted by atomic mass is 10.1. The van der Waals surface area contributed by atoms with Crippen LogP contribution < -0.4 is 14.8 Å². The number of carbonyl (C=O) groups is 2. The van der Waals surface area contributed by atoms with Gasteiger partial charge in [0.05, 0.1) is 18.1 Å². The Hall–Kier alpha value is -2.98. The van der Waals surface area contributed by atoms with Gasteiger partial charge in [-0.25, -0.2) is 0 Å². The third-order valence-electron chi connectivity index (χ3n) is 4.00. The van der Waals surface area contributed by atoms with Crippen molar-refractivity contribution in [2.24, 2.45) is 0 Å². The Morgan fingerprint density at radius 3 is 2.70 bits per heavy atom. The molecule has 148 valence electrons. The molecule has 1 aromatic rings. The molecule has 1 fully saturated rings. The Bertz CT molecular complexity index is 728. The largest absolute Gasteiger partial charge is 0.493 e. The van der Waals surface area contributed by atoms with Crippen LogP contribution in [0.1, 0.15) is 29.6 Å². The normalized spacial score (nSPS) is 13.8. The molecule has 2 amide bonds. The first-order valence-electron chi connectivity index (χ1n) is 8.20. The highest BCUT2D eigenvalue weighted by molar-refractivity contribution is 5.99. The van der Waals surface area contributed by atoms with Gasteiger partial charge in [0, 0.05) is 32.1 Å². The van der Waals surface area contributed by atoms with E-state index in [0.717, 1.165) is 25.7 Å². The van der Waals surface area contributed by atoms with Crippen LogP contribution >= 0.6 is 0 Å². The summed E-state index contributed by atoms with van der Waals surface area (Å²) in [6.07, 6.45) is 1.81. The predicted molar refractivity (Wildman–Crippen MR) is 89.0 cm³/mol. The highest BCUT2D eigenvalue weighted by Gasteiger charge is 2.26. The fourth-order valence-corrected chi connectivity index (χ4v) is 2.74. The predicted octanol–water partition coefficient (Wildman–Crippen LogP) is 1.95. The number of nitrogens with one attached hydrogen (secondary N) is 1. The maximum atomic E-state index is 12.4. The molecule has 1 aliphatic rings. The molecule has 1 aromatic carbocycles. The van der Waals surface area contributed by atoms with Crippen LogP contribution in [0.25, 0.3) is 0 Å². The molecule has 1 aliphatic heterocycles. The molecule has 0 radical (unpaired) electrons. The van der Waals surface area contributed by atoms with Crippen molar-refractivity contribution >= 4 is 17.5 Å². The first kappa shape index (κ1) is 20.3. The van der Waals surface area contributed by atoms with E-state index < -0.39 is 28.9 Å². The average Bonchev–Trinajstić information content (AvgIpc) is 3.02. The van der Waals surface area contributed by atoms with Crippen molar-refractivity contribution in [1.82, 2.24) is 10.2 Å². The number of methoxy groups -OCH3 is 1. The Balaban J connectivity index is 2.06. The molecule has 0 spiro atoms. The molecule has 9 nitrogen and oxygen atoms in total. The number of nitrogens with zero attached hydrogens (tertiary/aromatic N) is 2. The number of benzene rings is 1. The van der Waals surface area contributed by atoms with E-state index in [1.807, 2.05) is 0 Å². The molecular weight excluding hydrogens is 368 g/mol. The molecular formula is C16H19F2N3O6. The van der Waals surface area contributed by atoms with Crippen LogP contribution in [-0.4, -0.2) is 55.0 Å². The molecule has 0 saturated carbocycles. The second-order valence-electron chi connectivity index (χ2n) is 5.75. The molecule has 0 bridgehead atoms. The van der Waals surface area contributed by atoms with Gasteiger partial charge in [-0.1, -0.05) is 0 Å². The number of hydrogen-bond acceptors (Lipinski definition) is 6. The number of halogens is 2. The molecule has 0 aliphatic carbocycles. The summed E-state index contributed by atoms with van der Waals surface area (Å²) in [4.78, 5) is 35.8. The van der Waals surface area contributed by atoms with Crippen molar-refractivity contribution in [3.63, 3.8) is 0 Å². The minimum Gasteiger partial charge on any atom is -0.493 e. The van der Waals surface area contributed by atoms with Crippen LogP contribution in [0.3, 0.4) is 0 Å². The van der Waals surface area contributed by atoms with E-state index in [-0.39, 0.29) is 23.8 Å². The number of amides is 2. The molecule has 0 atom stereocenters.